The number of aromatic nitrogens is 2. The molecule has 1 aromatic heterocycles. The molecule has 2 aliphatic heterocycles. The van der Waals surface area contributed by atoms with E-state index in [4.69, 9.17) is 4.74 Å². The van der Waals surface area contributed by atoms with E-state index >= 15 is 0 Å². The second-order valence-electron chi connectivity index (χ2n) is 6.86. The van der Waals surface area contributed by atoms with Gasteiger partial charge in [-0.2, -0.15) is 9.40 Å². The third-order valence-corrected chi connectivity index (χ3v) is 7.30. The van der Waals surface area contributed by atoms with E-state index in [2.05, 4.69) is 5.10 Å². The summed E-state index contributed by atoms with van der Waals surface area (Å²) in [6, 6.07) is 5.88. The third-order valence-electron chi connectivity index (χ3n) is 5.34. The van der Waals surface area contributed by atoms with E-state index < -0.39 is 16.1 Å². The zero-order valence-electron chi connectivity index (χ0n) is 15.3. The first-order chi connectivity index (χ1) is 12.9. The lowest BCUT2D eigenvalue weighted by Crippen LogP contribution is -2.59. The van der Waals surface area contributed by atoms with E-state index in [1.54, 1.807) is 48.3 Å². The SMILES string of the molecule is COc1ccc(-n2cccn2)cc1S(=O)(=O)N1C[C@@H]2CCCN2C(=O)[C@@H]1C. The molecule has 0 radical (unpaired) electrons. The molecule has 2 saturated heterocycles. The van der Waals surface area contributed by atoms with Crippen molar-refractivity contribution >= 4 is 15.9 Å². The highest BCUT2D eigenvalue weighted by Crippen LogP contribution is 2.34. The highest BCUT2D eigenvalue weighted by molar-refractivity contribution is 7.89. The number of sulfonamides is 1. The summed E-state index contributed by atoms with van der Waals surface area (Å²) in [4.78, 5) is 14.5. The first kappa shape index (κ1) is 18.0. The first-order valence-electron chi connectivity index (χ1n) is 8.94. The fourth-order valence-electron chi connectivity index (χ4n) is 3.91. The molecule has 2 aromatic rings. The van der Waals surface area contributed by atoms with Gasteiger partial charge in [0.1, 0.15) is 16.7 Å². The molecule has 0 aliphatic carbocycles. The summed E-state index contributed by atoms with van der Waals surface area (Å²) in [5.41, 5.74) is 0.609. The summed E-state index contributed by atoms with van der Waals surface area (Å²) in [6.07, 6.45) is 5.10. The fourth-order valence-corrected chi connectivity index (χ4v) is 5.71. The number of ether oxygens (including phenoxy) is 1. The number of rotatable bonds is 4. The predicted molar refractivity (Wildman–Crippen MR) is 98.2 cm³/mol. The van der Waals surface area contributed by atoms with Crippen LogP contribution in [0, 0.1) is 0 Å². The van der Waals surface area contributed by atoms with Gasteiger partial charge in [-0.25, -0.2) is 13.1 Å². The summed E-state index contributed by atoms with van der Waals surface area (Å²) in [6.45, 7) is 2.67. The van der Waals surface area contributed by atoms with Crippen LogP contribution in [0.2, 0.25) is 0 Å². The van der Waals surface area contributed by atoms with Gasteiger partial charge in [0.15, 0.2) is 0 Å². The fraction of sp³-hybridized carbons (Fsp3) is 0.444. The van der Waals surface area contributed by atoms with Crippen molar-refractivity contribution in [3.8, 4) is 11.4 Å². The number of hydrogen-bond acceptors (Lipinski definition) is 5. The Morgan fingerprint density at radius 3 is 2.81 bits per heavy atom. The maximum absolute atomic E-state index is 13.5. The highest BCUT2D eigenvalue weighted by atomic mass is 32.2. The average Bonchev–Trinajstić information content (AvgIpc) is 3.35. The van der Waals surface area contributed by atoms with Crippen molar-refractivity contribution in [1.82, 2.24) is 19.0 Å². The number of benzene rings is 1. The summed E-state index contributed by atoms with van der Waals surface area (Å²) < 4.78 is 35.2. The molecule has 0 bridgehead atoms. The second-order valence-corrected chi connectivity index (χ2v) is 8.72. The van der Waals surface area contributed by atoms with Crippen molar-refractivity contribution < 1.29 is 17.9 Å². The minimum Gasteiger partial charge on any atom is -0.495 e. The van der Waals surface area contributed by atoms with Crippen molar-refractivity contribution in [2.24, 2.45) is 0 Å². The topological polar surface area (TPSA) is 84.7 Å². The molecule has 8 nitrogen and oxygen atoms in total. The Morgan fingerprint density at radius 1 is 1.30 bits per heavy atom. The molecule has 144 valence electrons. The van der Waals surface area contributed by atoms with Gasteiger partial charge in [-0.1, -0.05) is 0 Å². The van der Waals surface area contributed by atoms with Crippen LogP contribution in [-0.4, -0.2) is 65.6 Å². The average molecular weight is 390 g/mol. The van der Waals surface area contributed by atoms with Gasteiger partial charge in [0, 0.05) is 31.5 Å². The maximum Gasteiger partial charge on any atom is 0.247 e. The Morgan fingerprint density at radius 2 is 2.11 bits per heavy atom. The molecule has 1 aromatic carbocycles. The van der Waals surface area contributed by atoms with E-state index in [9.17, 15) is 13.2 Å². The van der Waals surface area contributed by atoms with Crippen molar-refractivity contribution in [3.63, 3.8) is 0 Å². The van der Waals surface area contributed by atoms with E-state index in [-0.39, 0.29) is 22.6 Å². The van der Waals surface area contributed by atoms with Crippen molar-refractivity contribution in [2.45, 2.75) is 36.7 Å². The van der Waals surface area contributed by atoms with Gasteiger partial charge in [-0.15, -0.1) is 0 Å². The van der Waals surface area contributed by atoms with Crippen LogP contribution in [0.4, 0.5) is 0 Å². The van der Waals surface area contributed by atoms with Gasteiger partial charge in [-0.05, 0) is 44.0 Å². The largest absolute Gasteiger partial charge is 0.495 e. The number of carbonyl (C=O) groups excluding carboxylic acids is 1. The number of amides is 1. The van der Waals surface area contributed by atoms with Crippen LogP contribution in [0.3, 0.4) is 0 Å². The molecule has 0 spiro atoms. The standard InChI is InChI=1S/C18H22N4O4S/c1-13-18(23)20-9-3-5-15(20)12-22(13)27(24,25)17-11-14(6-7-16(17)26-2)21-10-4-8-19-21/h4,6-8,10-11,13,15H,3,5,9,12H2,1-2H3/t13-,15-/m0/s1. The molecule has 9 heteroatoms. The second kappa shape index (κ2) is 6.65. The molecule has 2 atom stereocenters. The zero-order valence-corrected chi connectivity index (χ0v) is 16.1. The summed E-state index contributed by atoms with van der Waals surface area (Å²) in [5, 5.41) is 4.15. The molecule has 4 rings (SSSR count). The summed E-state index contributed by atoms with van der Waals surface area (Å²) in [7, 11) is -2.48. The highest BCUT2D eigenvalue weighted by Gasteiger charge is 2.45. The minimum absolute atomic E-state index is 0.0455. The Kier molecular flexibility index (Phi) is 4.43. The van der Waals surface area contributed by atoms with Gasteiger partial charge in [0.05, 0.1) is 12.8 Å². The van der Waals surface area contributed by atoms with Gasteiger partial charge in [0.25, 0.3) is 0 Å². The number of fused-ring (bicyclic) bond motifs is 1. The van der Waals surface area contributed by atoms with Gasteiger partial charge in [0.2, 0.25) is 15.9 Å². The number of hydrogen-bond donors (Lipinski definition) is 0. The van der Waals surface area contributed by atoms with Gasteiger partial charge < -0.3 is 9.64 Å². The molecule has 2 aliphatic rings. The van der Waals surface area contributed by atoms with E-state index in [0.717, 1.165) is 12.8 Å². The molecular formula is C18H22N4O4S. The van der Waals surface area contributed by atoms with Crippen LogP contribution in [-0.2, 0) is 14.8 Å². The van der Waals surface area contributed by atoms with E-state index in [1.807, 2.05) is 4.90 Å². The monoisotopic (exact) mass is 390 g/mol. The lowest BCUT2D eigenvalue weighted by Gasteiger charge is -2.40. The first-order valence-corrected chi connectivity index (χ1v) is 10.4. The van der Waals surface area contributed by atoms with Crippen LogP contribution in [0.5, 0.6) is 5.75 Å². The third kappa shape index (κ3) is 2.90. The number of carbonyl (C=O) groups is 1. The number of nitrogens with zero attached hydrogens (tertiary/aromatic N) is 4. The molecule has 3 heterocycles. The molecule has 0 N–H and O–H groups in total. The van der Waals surface area contributed by atoms with Crippen molar-refractivity contribution in [1.29, 1.82) is 0 Å². The Labute approximate surface area is 158 Å². The quantitative estimate of drug-likeness (QED) is 0.785. The molecule has 0 unspecified atom stereocenters. The lowest BCUT2D eigenvalue weighted by atomic mass is 10.1. The summed E-state index contributed by atoms with van der Waals surface area (Å²) in [5.74, 6) is 0.119. The van der Waals surface area contributed by atoms with Gasteiger partial charge in [-0.3, -0.25) is 4.79 Å². The molecule has 2 fully saturated rings. The van der Waals surface area contributed by atoms with Gasteiger partial charge >= 0.3 is 0 Å². The van der Waals surface area contributed by atoms with Crippen molar-refractivity contribution in [3.05, 3.63) is 36.7 Å². The Hall–Kier alpha value is -2.39. The van der Waals surface area contributed by atoms with Crippen LogP contribution in [0.25, 0.3) is 5.69 Å². The van der Waals surface area contributed by atoms with Crippen LogP contribution < -0.4 is 4.74 Å². The van der Waals surface area contributed by atoms with Crippen LogP contribution in [0.1, 0.15) is 19.8 Å². The van der Waals surface area contributed by atoms with E-state index in [1.165, 1.54) is 11.4 Å². The number of piperazine rings is 1. The minimum atomic E-state index is -3.92. The van der Waals surface area contributed by atoms with Crippen LogP contribution >= 0.6 is 0 Å². The number of methoxy groups -OCH3 is 1. The smallest absolute Gasteiger partial charge is 0.247 e. The zero-order chi connectivity index (χ0) is 19.2. The molecule has 1 amide bonds. The predicted octanol–water partition coefficient (Wildman–Crippen LogP) is 1.26. The van der Waals surface area contributed by atoms with E-state index in [0.29, 0.717) is 18.8 Å². The molecule has 27 heavy (non-hydrogen) atoms. The molecular weight excluding hydrogens is 368 g/mol. The van der Waals surface area contributed by atoms with Crippen molar-refractivity contribution in [2.75, 3.05) is 20.2 Å². The Balaban J connectivity index is 1.77. The molecule has 0 saturated carbocycles. The summed E-state index contributed by atoms with van der Waals surface area (Å²) >= 11 is 0. The maximum atomic E-state index is 13.5. The van der Waals surface area contributed by atoms with Crippen LogP contribution in [0.15, 0.2) is 41.6 Å². The normalized spacial score (nSPS) is 23.5. The Bertz CT molecular complexity index is 958. The lowest BCUT2D eigenvalue weighted by molar-refractivity contribution is -0.139.